The average molecular weight is 200 g/mol. The first kappa shape index (κ1) is 13.9. The molecular weight excluding hydrogens is 172 g/mol. The molecule has 2 heteroatoms. The molecule has 0 atom stereocenters. The van der Waals surface area contributed by atoms with Crippen LogP contribution in [0, 0.1) is 0 Å². The molecule has 0 saturated carbocycles. The van der Waals surface area contributed by atoms with Crippen molar-refractivity contribution in [3.63, 3.8) is 0 Å². The number of nitrogens with zero attached hydrogens (tertiary/aromatic N) is 2. The van der Waals surface area contributed by atoms with Crippen LogP contribution in [-0.2, 0) is 0 Å². The molecular formula is C12H28N2. The Bertz CT molecular complexity index is 119. The summed E-state index contributed by atoms with van der Waals surface area (Å²) in [5, 5.41) is 0. The van der Waals surface area contributed by atoms with Gasteiger partial charge in [0.25, 0.3) is 0 Å². The summed E-state index contributed by atoms with van der Waals surface area (Å²) in [5.74, 6) is 0. The molecule has 0 heterocycles. The smallest absolute Gasteiger partial charge is 0.0112 e. The summed E-state index contributed by atoms with van der Waals surface area (Å²) in [6.07, 6.45) is 1.26. The molecule has 14 heavy (non-hydrogen) atoms. The Morgan fingerprint density at radius 2 is 1.43 bits per heavy atom. The lowest BCUT2D eigenvalue weighted by atomic mass is 10.3. The zero-order chi connectivity index (χ0) is 11.0. The highest BCUT2D eigenvalue weighted by Crippen LogP contribution is 2.00. The predicted molar refractivity (Wildman–Crippen MR) is 64.8 cm³/mol. The van der Waals surface area contributed by atoms with Crippen molar-refractivity contribution in [2.24, 2.45) is 0 Å². The summed E-state index contributed by atoms with van der Waals surface area (Å²) < 4.78 is 0. The minimum absolute atomic E-state index is 0.686. The van der Waals surface area contributed by atoms with Crippen molar-refractivity contribution >= 4 is 0 Å². The maximum absolute atomic E-state index is 2.57. The number of hydrogen-bond acceptors (Lipinski definition) is 2. The Labute approximate surface area is 90.3 Å². The first-order valence-electron chi connectivity index (χ1n) is 6.12. The molecule has 0 aromatic rings. The lowest BCUT2D eigenvalue weighted by Gasteiger charge is -2.28. The van der Waals surface area contributed by atoms with E-state index in [-0.39, 0.29) is 0 Å². The maximum Gasteiger partial charge on any atom is 0.0112 e. The summed E-state index contributed by atoms with van der Waals surface area (Å²) in [6, 6.07) is 0.686. The molecule has 0 rings (SSSR count). The standard InChI is InChI=1S/C12H28N2/c1-6-9-14(12(4)5)11-10-13(7-2)8-3/h12H,6-11H2,1-5H3. The molecule has 0 aromatic heterocycles. The molecule has 0 aliphatic heterocycles. The Morgan fingerprint density at radius 1 is 0.857 bits per heavy atom. The van der Waals surface area contributed by atoms with Crippen molar-refractivity contribution in [1.29, 1.82) is 0 Å². The summed E-state index contributed by atoms with van der Waals surface area (Å²) in [4.78, 5) is 5.06. The molecule has 0 aromatic carbocycles. The normalized spacial score (nSPS) is 12.0. The molecule has 0 bridgehead atoms. The monoisotopic (exact) mass is 200 g/mol. The highest BCUT2D eigenvalue weighted by Gasteiger charge is 2.09. The first-order valence-corrected chi connectivity index (χ1v) is 6.12. The van der Waals surface area contributed by atoms with Gasteiger partial charge in [0.15, 0.2) is 0 Å². The molecule has 0 spiro atoms. The Balaban J connectivity index is 3.79. The fraction of sp³-hybridized carbons (Fsp3) is 1.00. The summed E-state index contributed by atoms with van der Waals surface area (Å²) >= 11 is 0. The zero-order valence-corrected chi connectivity index (χ0v) is 10.7. The summed E-state index contributed by atoms with van der Waals surface area (Å²) in [6.45, 7) is 17.3. The van der Waals surface area contributed by atoms with Gasteiger partial charge in [0.1, 0.15) is 0 Å². The molecule has 0 aliphatic carbocycles. The van der Waals surface area contributed by atoms with Crippen LogP contribution in [0.3, 0.4) is 0 Å². The maximum atomic E-state index is 2.57. The third kappa shape index (κ3) is 5.61. The van der Waals surface area contributed by atoms with Gasteiger partial charge in [0, 0.05) is 19.1 Å². The average Bonchev–Trinajstić information content (AvgIpc) is 2.17. The molecule has 0 amide bonds. The lowest BCUT2D eigenvalue weighted by Crippen LogP contribution is -2.39. The molecule has 86 valence electrons. The van der Waals surface area contributed by atoms with Crippen LogP contribution >= 0.6 is 0 Å². The molecule has 0 fully saturated rings. The third-order valence-electron chi connectivity index (χ3n) is 2.84. The van der Waals surface area contributed by atoms with Gasteiger partial charge in [-0.2, -0.15) is 0 Å². The van der Waals surface area contributed by atoms with Crippen LogP contribution in [0.15, 0.2) is 0 Å². The SMILES string of the molecule is CCCN(CCN(CC)CC)C(C)C. The van der Waals surface area contributed by atoms with Gasteiger partial charge in [0.2, 0.25) is 0 Å². The van der Waals surface area contributed by atoms with Gasteiger partial charge in [0.05, 0.1) is 0 Å². The summed E-state index contributed by atoms with van der Waals surface area (Å²) in [5.41, 5.74) is 0. The third-order valence-corrected chi connectivity index (χ3v) is 2.84. The highest BCUT2D eigenvalue weighted by molar-refractivity contribution is 4.64. The van der Waals surface area contributed by atoms with Crippen LogP contribution in [-0.4, -0.2) is 48.6 Å². The van der Waals surface area contributed by atoms with Crippen LogP contribution in [0.1, 0.15) is 41.0 Å². The Kier molecular flexibility index (Phi) is 8.20. The molecule has 0 radical (unpaired) electrons. The van der Waals surface area contributed by atoms with Crippen molar-refractivity contribution < 1.29 is 0 Å². The van der Waals surface area contributed by atoms with Crippen LogP contribution in [0.5, 0.6) is 0 Å². The Hall–Kier alpha value is -0.0800. The molecule has 0 N–H and O–H groups in total. The van der Waals surface area contributed by atoms with Gasteiger partial charge in [-0.15, -0.1) is 0 Å². The minimum atomic E-state index is 0.686. The minimum Gasteiger partial charge on any atom is -0.303 e. The number of likely N-dealkylation sites (N-methyl/N-ethyl adjacent to an activating group) is 1. The van der Waals surface area contributed by atoms with Crippen LogP contribution in [0.2, 0.25) is 0 Å². The van der Waals surface area contributed by atoms with Gasteiger partial charge in [-0.3, -0.25) is 4.90 Å². The van der Waals surface area contributed by atoms with Gasteiger partial charge in [-0.1, -0.05) is 20.8 Å². The summed E-state index contributed by atoms with van der Waals surface area (Å²) in [7, 11) is 0. The van der Waals surface area contributed by atoms with E-state index in [0.29, 0.717) is 6.04 Å². The van der Waals surface area contributed by atoms with Crippen molar-refractivity contribution in [3.8, 4) is 0 Å². The van der Waals surface area contributed by atoms with E-state index in [9.17, 15) is 0 Å². The molecule has 0 saturated heterocycles. The predicted octanol–water partition coefficient (Wildman–Crippen LogP) is 2.45. The van der Waals surface area contributed by atoms with E-state index in [0.717, 1.165) is 0 Å². The number of rotatable bonds is 8. The highest BCUT2D eigenvalue weighted by atomic mass is 15.2. The van der Waals surface area contributed by atoms with Crippen molar-refractivity contribution in [3.05, 3.63) is 0 Å². The van der Waals surface area contributed by atoms with E-state index in [1.807, 2.05) is 0 Å². The van der Waals surface area contributed by atoms with Gasteiger partial charge >= 0.3 is 0 Å². The second-order valence-corrected chi connectivity index (χ2v) is 4.16. The second kappa shape index (κ2) is 8.25. The van der Waals surface area contributed by atoms with Gasteiger partial charge in [-0.05, 0) is 39.9 Å². The zero-order valence-electron chi connectivity index (χ0n) is 10.7. The van der Waals surface area contributed by atoms with Crippen LogP contribution in [0.4, 0.5) is 0 Å². The van der Waals surface area contributed by atoms with E-state index < -0.39 is 0 Å². The molecule has 0 unspecified atom stereocenters. The molecule has 0 aliphatic rings. The quantitative estimate of drug-likeness (QED) is 0.594. The largest absolute Gasteiger partial charge is 0.303 e. The second-order valence-electron chi connectivity index (χ2n) is 4.16. The van der Waals surface area contributed by atoms with Gasteiger partial charge < -0.3 is 4.90 Å². The topological polar surface area (TPSA) is 6.48 Å². The van der Waals surface area contributed by atoms with Crippen molar-refractivity contribution in [2.75, 3.05) is 32.7 Å². The van der Waals surface area contributed by atoms with E-state index in [1.54, 1.807) is 0 Å². The fourth-order valence-electron chi connectivity index (χ4n) is 1.73. The molecule has 2 nitrogen and oxygen atoms in total. The van der Waals surface area contributed by atoms with Crippen LogP contribution < -0.4 is 0 Å². The fourth-order valence-corrected chi connectivity index (χ4v) is 1.73. The lowest BCUT2D eigenvalue weighted by molar-refractivity contribution is 0.182. The van der Waals surface area contributed by atoms with Crippen LogP contribution in [0.25, 0.3) is 0 Å². The van der Waals surface area contributed by atoms with E-state index in [1.165, 1.54) is 39.1 Å². The van der Waals surface area contributed by atoms with Gasteiger partial charge in [-0.25, -0.2) is 0 Å². The van der Waals surface area contributed by atoms with E-state index >= 15 is 0 Å². The van der Waals surface area contributed by atoms with Crippen molar-refractivity contribution in [1.82, 2.24) is 9.80 Å². The number of hydrogen-bond donors (Lipinski definition) is 0. The van der Waals surface area contributed by atoms with E-state index in [2.05, 4.69) is 44.4 Å². The van der Waals surface area contributed by atoms with Crippen molar-refractivity contribution in [2.45, 2.75) is 47.1 Å². The Morgan fingerprint density at radius 3 is 1.79 bits per heavy atom. The van der Waals surface area contributed by atoms with E-state index in [4.69, 9.17) is 0 Å². The first-order chi connectivity index (χ1) is 6.65.